The number of alkyl halides is 1. The van der Waals surface area contributed by atoms with Gasteiger partial charge < -0.3 is 10.2 Å². The van der Waals surface area contributed by atoms with Gasteiger partial charge in [-0.3, -0.25) is 9.59 Å². The highest BCUT2D eigenvalue weighted by Gasteiger charge is 2.36. The molecular weight excluding hydrogens is 423 g/mol. The molecule has 0 spiro atoms. The van der Waals surface area contributed by atoms with Gasteiger partial charge in [0.2, 0.25) is 11.8 Å². The summed E-state index contributed by atoms with van der Waals surface area (Å²) < 4.78 is 14.5. The lowest BCUT2D eigenvalue weighted by molar-refractivity contribution is -0.124. The first-order valence-electron chi connectivity index (χ1n) is 9.27. The van der Waals surface area contributed by atoms with Crippen molar-refractivity contribution in [2.45, 2.75) is 43.5 Å². The normalized spacial score (nSPS) is 19.8. The molecule has 2 aromatic carbocycles. The van der Waals surface area contributed by atoms with E-state index in [0.29, 0.717) is 17.7 Å². The molecule has 1 N–H and O–H groups in total. The SMILES string of the molecule is CC(C)(C)NC(=O)CN1C(=O)C(Br)CC(c2ccccc2F)c2ccccc21. The van der Waals surface area contributed by atoms with Crippen LogP contribution in [-0.2, 0) is 9.59 Å². The summed E-state index contributed by atoms with van der Waals surface area (Å²) in [6, 6.07) is 14.1. The monoisotopic (exact) mass is 446 g/mol. The van der Waals surface area contributed by atoms with E-state index in [4.69, 9.17) is 0 Å². The van der Waals surface area contributed by atoms with Gasteiger partial charge in [-0.2, -0.15) is 0 Å². The minimum absolute atomic E-state index is 0.0841. The topological polar surface area (TPSA) is 49.4 Å². The fourth-order valence-electron chi connectivity index (χ4n) is 3.57. The first-order chi connectivity index (χ1) is 13.2. The number of rotatable bonds is 3. The number of carbonyl (C=O) groups is 2. The van der Waals surface area contributed by atoms with Gasteiger partial charge in [0.15, 0.2) is 0 Å². The Labute approximate surface area is 173 Å². The molecule has 28 heavy (non-hydrogen) atoms. The van der Waals surface area contributed by atoms with Crippen LogP contribution in [0.3, 0.4) is 0 Å². The van der Waals surface area contributed by atoms with Gasteiger partial charge in [0.1, 0.15) is 12.4 Å². The number of nitrogens with zero attached hydrogens (tertiary/aromatic N) is 1. The maximum atomic E-state index is 14.5. The van der Waals surface area contributed by atoms with Crippen molar-refractivity contribution in [3.8, 4) is 0 Å². The zero-order chi connectivity index (χ0) is 20.5. The van der Waals surface area contributed by atoms with Crippen molar-refractivity contribution in [1.29, 1.82) is 0 Å². The van der Waals surface area contributed by atoms with Crippen molar-refractivity contribution in [2.24, 2.45) is 0 Å². The lowest BCUT2D eigenvalue weighted by atomic mass is 9.87. The van der Waals surface area contributed by atoms with Gasteiger partial charge in [-0.1, -0.05) is 52.3 Å². The van der Waals surface area contributed by atoms with Crippen LogP contribution in [0.2, 0.25) is 0 Å². The summed E-state index contributed by atoms with van der Waals surface area (Å²) in [6.07, 6.45) is 0.411. The minimum atomic E-state index is -0.521. The molecule has 2 unspecified atom stereocenters. The van der Waals surface area contributed by atoms with Gasteiger partial charge in [0.05, 0.1) is 4.83 Å². The highest BCUT2D eigenvalue weighted by atomic mass is 79.9. The average molecular weight is 447 g/mol. The van der Waals surface area contributed by atoms with Crippen LogP contribution in [0.15, 0.2) is 48.5 Å². The third kappa shape index (κ3) is 4.43. The molecule has 4 nitrogen and oxygen atoms in total. The number of halogens is 2. The predicted octanol–water partition coefficient (Wildman–Crippen LogP) is 4.37. The second-order valence-electron chi connectivity index (χ2n) is 8.06. The molecular formula is C22H24BrFN2O2. The maximum Gasteiger partial charge on any atom is 0.241 e. The minimum Gasteiger partial charge on any atom is -0.350 e. The molecule has 1 heterocycles. The average Bonchev–Trinajstić information content (AvgIpc) is 2.71. The number of amides is 2. The highest BCUT2D eigenvalue weighted by molar-refractivity contribution is 9.10. The number of fused-ring (bicyclic) bond motifs is 1. The number of para-hydroxylation sites is 1. The third-order valence-corrected chi connectivity index (χ3v) is 5.44. The third-order valence-electron chi connectivity index (χ3n) is 4.68. The summed E-state index contributed by atoms with van der Waals surface area (Å²) in [5.74, 6) is -1.02. The van der Waals surface area contributed by atoms with E-state index in [1.165, 1.54) is 11.0 Å². The summed E-state index contributed by atoms with van der Waals surface area (Å²) >= 11 is 3.47. The van der Waals surface area contributed by atoms with Crippen molar-refractivity contribution in [1.82, 2.24) is 5.32 Å². The van der Waals surface area contributed by atoms with Crippen LogP contribution in [0.5, 0.6) is 0 Å². The molecule has 0 saturated carbocycles. The number of benzene rings is 2. The summed E-state index contributed by atoms with van der Waals surface area (Å²) in [7, 11) is 0. The van der Waals surface area contributed by atoms with Crippen LogP contribution < -0.4 is 10.2 Å². The molecule has 3 rings (SSSR count). The molecule has 2 amide bonds. The number of hydrogen-bond donors (Lipinski definition) is 1. The van der Waals surface area contributed by atoms with E-state index in [0.717, 1.165) is 5.56 Å². The Hall–Kier alpha value is -2.21. The van der Waals surface area contributed by atoms with Crippen molar-refractivity contribution in [2.75, 3.05) is 11.4 Å². The summed E-state index contributed by atoms with van der Waals surface area (Å²) in [4.78, 5) is 26.6. The van der Waals surface area contributed by atoms with Crippen LogP contribution in [0.4, 0.5) is 10.1 Å². The molecule has 0 fully saturated rings. The number of anilines is 1. The number of nitrogens with one attached hydrogen (secondary N) is 1. The Morgan fingerprint density at radius 1 is 1.14 bits per heavy atom. The Balaban J connectivity index is 2.04. The summed E-state index contributed by atoms with van der Waals surface area (Å²) in [6.45, 7) is 5.60. The Kier molecular flexibility index (Phi) is 5.89. The van der Waals surface area contributed by atoms with Gasteiger partial charge in [-0.25, -0.2) is 4.39 Å². The Morgan fingerprint density at radius 2 is 1.75 bits per heavy atom. The molecule has 0 bridgehead atoms. The first-order valence-corrected chi connectivity index (χ1v) is 10.2. The van der Waals surface area contributed by atoms with Gasteiger partial charge in [-0.15, -0.1) is 0 Å². The fraction of sp³-hybridized carbons (Fsp3) is 0.364. The smallest absolute Gasteiger partial charge is 0.241 e. The first kappa shape index (κ1) is 20.5. The lowest BCUT2D eigenvalue weighted by Crippen LogP contribution is -2.48. The van der Waals surface area contributed by atoms with Crippen molar-refractivity contribution < 1.29 is 14.0 Å². The van der Waals surface area contributed by atoms with Crippen molar-refractivity contribution in [3.05, 3.63) is 65.5 Å². The quantitative estimate of drug-likeness (QED) is 0.711. The largest absolute Gasteiger partial charge is 0.350 e. The molecule has 148 valence electrons. The highest BCUT2D eigenvalue weighted by Crippen LogP contribution is 2.41. The second kappa shape index (κ2) is 8.03. The zero-order valence-electron chi connectivity index (χ0n) is 16.2. The fourth-order valence-corrected chi connectivity index (χ4v) is 4.19. The standard InChI is InChI=1S/C22H24BrFN2O2/c1-22(2,3)25-20(27)13-26-19-11-7-5-9-15(19)16(12-17(23)21(26)28)14-8-4-6-10-18(14)24/h4-11,16-17H,12-13H2,1-3H3,(H,25,27). The van der Waals surface area contributed by atoms with Gasteiger partial charge in [-0.05, 0) is 50.5 Å². The van der Waals surface area contributed by atoms with E-state index in [1.807, 2.05) is 45.0 Å². The van der Waals surface area contributed by atoms with Gasteiger partial charge in [0.25, 0.3) is 0 Å². The van der Waals surface area contributed by atoms with E-state index >= 15 is 0 Å². The lowest BCUT2D eigenvalue weighted by Gasteiger charge is -2.27. The van der Waals surface area contributed by atoms with E-state index in [9.17, 15) is 14.0 Å². The van der Waals surface area contributed by atoms with Gasteiger partial charge >= 0.3 is 0 Å². The van der Waals surface area contributed by atoms with E-state index < -0.39 is 10.4 Å². The van der Waals surface area contributed by atoms with E-state index in [-0.39, 0.29) is 30.1 Å². The molecule has 1 aliphatic heterocycles. The molecule has 1 aliphatic rings. The molecule has 0 aliphatic carbocycles. The second-order valence-corrected chi connectivity index (χ2v) is 9.16. The van der Waals surface area contributed by atoms with Crippen LogP contribution in [0, 0.1) is 5.82 Å². The Morgan fingerprint density at radius 3 is 2.39 bits per heavy atom. The van der Waals surface area contributed by atoms with Gasteiger partial charge in [0, 0.05) is 17.1 Å². The van der Waals surface area contributed by atoms with Crippen molar-refractivity contribution in [3.63, 3.8) is 0 Å². The summed E-state index contributed by atoms with van der Waals surface area (Å²) in [5.41, 5.74) is 1.64. The van der Waals surface area contributed by atoms with Crippen LogP contribution >= 0.6 is 15.9 Å². The van der Waals surface area contributed by atoms with E-state index in [2.05, 4.69) is 21.2 Å². The van der Waals surface area contributed by atoms with Crippen LogP contribution in [0.25, 0.3) is 0 Å². The molecule has 0 radical (unpaired) electrons. The van der Waals surface area contributed by atoms with Crippen LogP contribution in [0.1, 0.15) is 44.2 Å². The maximum absolute atomic E-state index is 14.5. The van der Waals surface area contributed by atoms with Crippen LogP contribution in [-0.4, -0.2) is 28.7 Å². The molecule has 0 aromatic heterocycles. The Bertz CT molecular complexity index is 894. The number of hydrogen-bond acceptors (Lipinski definition) is 2. The predicted molar refractivity (Wildman–Crippen MR) is 112 cm³/mol. The molecule has 0 saturated heterocycles. The zero-order valence-corrected chi connectivity index (χ0v) is 17.8. The van der Waals surface area contributed by atoms with E-state index in [1.54, 1.807) is 18.2 Å². The van der Waals surface area contributed by atoms with Crippen molar-refractivity contribution >= 4 is 33.4 Å². The molecule has 6 heteroatoms. The molecule has 2 atom stereocenters. The molecule has 2 aromatic rings. The summed E-state index contributed by atoms with van der Waals surface area (Å²) in [5, 5.41) is 2.90. The number of carbonyl (C=O) groups excluding carboxylic acids is 2.